The van der Waals surface area contributed by atoms with E-state index in [0.29, 0.717) is 17.6 Å². The standard InChI is InChI=1S/C27H30N6O5/c34-24(38-32-27(36)37-19-20-6-2-1-3-7-20)10-15-28-25(35)21-8-4-9-23(18-21)33-16-11-22(12-17-33)31-26-29-13-5-14-30-26/h1-9,13-14,18,22H,10-12,15-17,19H2,(H,28,35)(H,32,36)(H,29,30,31). The van der Waals surface area contributed by atoms with Crippen LogP contribution in [0.3, 0.4) is 0 Å². The lowest BCUT2D eigenvalue weighted by atomic mass is 10.0. The van der Waals surface area contributed by atoms with Gasteiger partial charge in [-0.2, -0.15) is 0 Å². The Morgan fingerprint density at radius 3 is 2.47 bits per heavy atom. The Balaban J connectivity index is 1.14. The first-order valence-corrected chi connectivity index (χ1v) is 12.4. The van der Waals surface area contributed by atoms with Crippen LogP contribution in [0, 0.1) is 0 Å². The molecule has 11 nitrogen and oxygen atoms in total. The number of amides is 2. The van der Waals surface area contributed by atoms with E-state index in [0.717, 1.165) is 37.2 Å². The van der Waals surface area contributed by atoms with Gasteiger partial charge in [-0.25, -0.2) is 19.6 Å². The van der Waals surface area contributed by atoms with E-state index in [1.165, 1.54) is 0 Å². The quantitative estimate of drug-likeness (QED) is 0.365. The maximum absolute atomic E-state index is 12.6. The van der Waals surface area contributed by atoms with Crippen LogP contribution in [-0.2, 0) is 21.0 Å². The van der Waals surface area contributed by atoms with E-state index in [1.807, 2.05) is 41.9 Å². The number of nitrogens with one attached hydrogen (secondary N) is 3. The van der Waals surface area contributed by atoms with Gasteiger partial charge in [-0.1, -0.05) is 36.4 Å². The average molecular weight is 519 g/mol. The summed E-state index contributed by atoms with van der Waals surface area (Å²) >= 11 is 0. The first-order valence-electron chi connectivity index (χ1n) is 12.4. The van der Waals surface area contributed by atoms with Gasteiger partial charge in [0.2, 0.25) is 5.95 Å². The number of carbonyl (C=O) groups excluding carboxylic acids is 3. The molecule has 198 valence electrons. The molecule has 3 aromatic rings. The van der Waals surface area contributed by atoms with Gasteiger partial charge in [-0.15, -0.1) is 5.48 Å². The largest absolute Gasteiger partial charge is 0.443 e. The van der Waals surface area contributed by atoms with Gasteiger partial charge in [0, 0.05) is 49.3 Å². The van der Waals surface area contributed by atoms with Gasteiger partial charge in [0.1, 0.15) is 6.61 Å². The molecule has 0 spiro atoms. The smallest absolute Gasteiger partial charge is 0.441 e. The molecule has 11 heteroatoms. The van der Waals surface area contributed by atoms with E-state index >= 15 is 0 Å². The number of piperidine rings is 1. The highest BCUT2D eigenvalue weighted by Crippen LogP contribution is 2.22. The molecule has 2 amide bonds. The second kappa shape index (κ2) is 13.6. The third-order valence-electron chi connectivity index (χ3n) is 5.94. The number of carbonyl (C=O) groups is 3. The summed E-state index contributed by atoms with van der Waals surface area (Å²) in [5, 5.41) is 6.06. The Morgan fingerprint density at radius 2 is 1.71 bits per heavy atom. The van der Waals surface area contributed by atoms with E-state index in [4.69, 9.17) is 4.74 Å². The van der Waals surface area contributed by atoms with Crippen LogP contribution in [0.2, 0.25) is 0 Å². The first-order chi connectivity index (χ1) is 18.6. The fourth-order valence-electron chi connectivity index (χ4n) is 3.96. The van der Waals surface area contributed by atoms with Crippen LogP contribution in [0.5, 0.6) is 0 Å². The van der Waals surface area contributed by atoms with Crippen LogP contribution in [0.1, 0.15) is 35.2 Å². The molecule has 0 unspecified atom stereocenters. The zero-order chi connectivity index (χ0) is 26.6. The predicted octanol–water partition coefficient (Wildman–Crippen LogP) is 3.06. The van der Waals surface area contributed by atoms with Gasteiger partial charge in [0.15, 0.2) is 0 Å². The minimum atomic E-state index is -0.878. The minimum Gasteiger partial charge on any atom is -0.443 e. The average Bonchev–Trinajstić information content (AvgIpc) is 2.96. The molecule has 0 radical (unpaired) electrons. The third-order valence-corrected chi connectivity index (χ3v) is 5.94. The van der Waals surface area contributed by atoms with Gasteiger partial charge in [-0.05, 0) is 42.7 Å². The van der Waals surface area contributed by atoms with E-state index in [2.05, 4.69) is 30.3 Å². The van der Waals surface area contributed by atoms with Crippen molar-refractivity contribution >= 4 is 29.6 Å². The fourth-order valence-corrected chi connectivity index (χ4v) is 3.96. The van der Waals surface area contributed by atoms with E-state index in [1.54, 1.807) is 36.7 Å². The highest BCUT2D eigenvalue weighted by molar-refractivity contribution is 5.95. The van der Waals surface area contributed by atoms with E-state index in [9.17, 15) is 14.4 Å². The first kappa shape index (κ1) is 26.4. The Labute approximate surface area is 220 Å². The molecule has 2 aromatic carbocycles. The summed E-state index contributed by atoms with van der Waals surface area (Å²) < 4.78 is 4.96. The predicted molar refractivity (Wildman–Crippen MR) is 140 cm³/mol. The molecular formula is C27H30N6O5. The third kappa shape index (κ3) is 8.19. The molecule has 38 heavy (non-hydrogen) atoms. The number of anilines is 2. The number of ether oxygens (including phenoxy) is 1. The molecule has 0 atom stereocenters. The number of hydrogen-bond donors (Lipinski definition) is 3. The molecule has 1 fully saturated rings. The van der Waals surface area contributed by atoms with Crippen LogP contribution in [0.15, 0.2) is 73.1 Å². The minimum absolute atomic E-state index is 0.0525. The van der Waals surface area contributed by atoms with Crippen LogP contribution >= 0.6 is 0 Å². The van der Waals surface area contributed by atoms with Crippen molar-refractivity contribution in [2.75, 3.05) is 29.9 Å². The molecule has 0 bridgehead atoms. The Kier molecular flexibility index (Phi) is 9.44. The second-order valence-electron chi connectivity index (χ2n) is 8.67. The molecule has 0 aliphatic carbocycles. The molecule has 1 saturated heterocycles. The van der Waals surface area contributed by atoms with Crippen LogP contribution in [0.4, 0.5) is 16.4 Å². The fraction of sp³-hybridized carbons (Fsp3) is 0.296. The van der Waals surface area contributed by atoms with E-state index < -0.39 is 12.1 Å². The lowest BCUT2D eigenvalue weighted by Crippen LogP contribution is -2.39. The van der Waals surface area contributed by atoms with Crippen molar-refractivity contribution in [3.63, 3.8) is 0 Å². The van der Waals surface area contributed by atoms with Crippen LogP contribution in [0.25, 0.3) is 0 Å². The Hall–Kier alpha value is -4.67. The number of aromatic nitrogens is 2. The van der Waals surface area contributed by atoms with Crippen molar-refractivity contribution in [2.45, 2.75) is 31.9 Å². The molecule has 1 aliphatic heterocycles. The van der Waals surface area contributed by atoms with Crippen molar-refractivity contribution in [1.29, 1.82) is 0 Å². The summed E-state index contributed by atoms with van der Waals surface area (Å²) in [6, 6.07) is 18.6. The van der Waals surface area contributed by atoms with Gasteiger partial charge >= 0.3 is 12.1 Å². The maximum atomic E-state index is 12.6. The molecular weight excluding hydrogens is 488 g/mol. The summed E-state index contributed by atoms with van der Waals surface area (Å²) in [6.45, 7) is 1.78. The Bertz CT molecular complexity index is 1200. The van der Waals surface area contributed by atoms with Crippen molar-refractivity contribution in [3.8, 4) is 0 Å². The van der Waals surface area contributed by atoms with Crippen LogP contribution in [-0.4, -0.2) is 53.6 Å². The number of benzene rings is 2. The van der Waals surface area contributed by atoms with Gasteiger partial charge in [0.25, 0.3) is 5.91 Å². The summed E-state index contributed by atoms with van der Waals surface area (Å²) in [5.74, 6) is -0.368. The summed E-state index contributed by atoms with van der Waals surface area (Å²) in [5.41, 5.74) is 4.21. The molecule has 1 aromatic heterocycles. The normalized spacial score (nSPS) is 13.3. The molecule has 0 saturated carbocycles. The van der Waals surface area contributed by atoms with Crippen molar-refractivity contribution in [2.24, 2.45) is 0 Å². The van der Waals surface area contributed by atoms with Crippen molar-refractivity contribution in [3.05, 3.63) is 84.2 Å². The lowest BCUT2D eigenvalue weighted by molar-refractivity contribution is -0.149. The summed E-state index contributed by atoms with van der Waals surface area (Å²) in [4.78, 5) is 51.5. The highest BCUT2D eigenvalue weighted by atomic mass is 16.7. The van der Waals surface area contributed by atoms with Crippen LogP contribution < -0.4 is 21.0 Å². The van der Waals surface area contributed by atoms with E-state index in [-0.39, 0.29) is 25.5 Å². The zero-order valence-corrected chi connectivity index (χ0v) is 20.8. The summed E-state index contributed by atoms with van der Waals surface area (Å²) in [6.07, 6.45) is 4.28. The maximum Gasteiger partial charge on any atom is 0.441 e. The number of hydrogen-bond acceptors (Lipinski definition) is 9. The molecule has 4 rings (SSSR count). The number of nitrogens with zero attached hydrogens (tertiary/aromatic N) is 3. The lowest BCUT2D eigenvalue weighted by Gasteiger charge is -2.34. The van der Waals surface area contributed by atoms with Crippen molar-refractivity contribution < 1.29 is 24.0 Å². The Morgan fingerprint density at radius 1 is 0.947 bits per heavy atom. The topological polar surface area (TPSA) is 135 Å². The number of hydroxylamine groups is 1. The number of rotatable bonds is 9. The van der Waals surface area contributed by atoms with Gasteiger partial charge in [0.05, 0.1) is 6.42 Å². The van der Waals surface area contributed by atoms with Crippen molar-refractivity contribution in [1.82, 2.24) is 20.8 Å². The second-order valence-corrected chi connectivity index (χ2v) is 8.67. The SMILES string of the molecule is O=C(CCNC(=O)c1cccc(N2CCC(Nc3ncccn3)CC2)c1)ONC(=O)OCc1ccccc1. The molecule has 2 heterocycles. The van der Waals surface area contributed by atoms with Gasteiger partial charge < -0.3 is 25.1 Å². The van der Waals surface area contributed by atoms with Gasteiger partial charge in [-0.3, -0.25) is 4.79 Å². The monoisotopic (exact) mass is 518 g/mol. The molecule has 1 aliphatic rings. The summed E-state index contributed by atoms with van der Waals surface area (Å²) in [7, 11) is 0. The highest BCUT2D eigenvalue weighted by Gasteiger charge is 2.20. The molecule has 3 N–H and O–H groups in total. The zero-order valence-electron chi connectivity index (χ0n) is 20.8.